The van der Waals surface area contributed by atoms with Gasteiger partial charge in [-0.1, -0.05) is 12.2 Å². The Kier molecular flexibility index (Phi) is 2.15. The first-order chi connectivity index (χ1) is 9.83. The summed E-state index contributed by atoms with van der Waals surface area (Å²) in [6.07, 6.45) is 8.35. The molecule has 4 heteroatoms. The molecular weight excluding hydrogens is 252 g/mol. The standard InChI is InChI=1S/C16H20N2O2/c19-10-1-2-13-12(9-10)11-3-5-17-7-8-20-14-4-6-18(13)15(11)16(14)17/h1-2,4,10-13,19H,3,5-9H2/t10-,11+,12-,13?/m0/s1. The predicted molar refractivity (Wildman–Crippen MR) is 74.5 cm³/mol. The van der Waals surface area contributed by atoms with Crippen LogP contribution in [0.3, 0.4) is 0 Å². The number of ether oxygens (including phenoxy) is 1. The molecule has 5 rings (SSSR count). The van der Waals surface area contributed by atoms with Gasteiger partial charge in [0.2, 0.25) is 0 Å². The molecule has 4 heterocycles. The number of hydrogen-bond donors (Lipinski definition) is 1. The number of fused-ring (bicyclic) bond motifs is 3. The Morgan fingerprint density at radius 2 is 2.20 bits per heavy atom. The van der Waals surface area contributed by atoms with E-state index in [1.54, 1.807) is 0 Å². The van der Waals surface area contributed by atoms with Crippen molar-refractivity contribution in [3.63, 3.8) is 0 Å². The lowest BCUT2D eigenvalue weighted by Crippen LogP contribution is -2.43. The van der Waals surface area contributed by atoms with Crippen molar-refractivity contribution in [2.24, 2.45) is 11.8 Å². The molecule has 2 fully saturated rings. The monoisotopic (exact) mass is 272 g/mol. The van der Waals surface area contributed by atoms with E-state index in [0.717, 1.165) is 38.4 Å². The predicted octanol–water partition coefficient (Wildman–Crippen LogP) is 1.07. The lowest BCUT2D eigenvalue weighted by atomic mass is 9.78. The number of hydrogen-bond acceptors (Lipinski definition) is 4. The van der Waals surface area contributed by atoms with Gasteiger partial charge in [-0.2, -0.15) is 0 Å². The summed E-state index contributed by atoms with van der Waals surface area (Å²) in [5.74, 6) is 2.29. The molecule has 4 aliphatic heterocycles. The fourth-order valence-corrected chi connectivity index (χ4v) is 4.82. The SMILES string of the molecule is O[C@H]1C=CC2[C@@H](C1)[C@H]1CCN3CCOC4=CCN2C1=C43. The summed E-state index contributed by atoms with van der Waals surface area (Å²) in [7, 11) is 0. The summed E-state index contributed by atoms with van der Waals surface area (Å²) >= 11 is 0. The molecule has 4 nitrogen and oxygen atoms in total. The van der Waals surface area contributed by atoms with Crippen LogP contribution in [-0.4, -0.2) is 53.3 Å². The van der Waals surface area contributed by atoms with Gasteiger partial charge < -0.3 is 19.6 Å². The Bertz CT molecular complexity index is 551. The molecule has 0 radical (unpaired) electrons. The van der Waals surface area contributed by atoms with E-state index in [2.05, 4.69) is 22.0 Å². The maximum Gasteiger partial charge on any atom is 0.142 e. The second-order valence-electron chi connectivity index (χ2n) is 6.53. The largest absolute Gasteiger partial charge is 0.490 e. The number of morpholine rings is 1. The molecule has 0 bridgehead atoms. The van der Waals surface area contributed by atoms with Crippen LogP contribution >= 0.6 is 0 Å². The topological polar surface area (TPSA) is 35.9 Å². The molecular formula is C16H20N2O2. The molecule has 1 aliphatic carbocycles. The van der Waals surface area contributed by atoms with E-state index in [9.17, 15) is 5.11 Å². The summed E-state index contributed by atoms with van der Waals surface area (Å²) in [6, 6.07) is 0.477. The first-order valence-corrected chi connectivity index (χ1v) is 7.78. The maximum atomic E-state index is 9.98. The normalized spacial score (nSPS) is 41.1. The average molecular weight is 272 g/mol. The van der Waals surface area contributed by atoms with Crippen LogP contribution in [-0.2, 0) is 4.74 Å². The van der Waals surface area contributed by atoms with Crippen molar-refractivity contribution in [3.8, 4) is 0 Å². The molecule has 0 spiro atoms. The van der Waals surface area contributed by atoms with E-state index in [0.29, 0.717) is 17.9 Å². The van der Waals surface area contributed by atoms with Crippen molar-refractivity contribution in [1.29, 1.82) is 0 Å². The van der Waals surface area contributed by atoms with Crippen LogP contribution in [0.2, 0.25) is 0 Å². The number of nitrogens with zero attached hydrogens (tertiary/aromatic N) is 2. The van der Waals surface area contributed by atoms with Gasteiger partial charge in [0.05, 0.1) is 24.4 Å². The highest BCUT2D eigenvalue weighted by Crippen LogP contribution is 2.51. The fourth-order valence-electron chi connectivity index (χ4n) is 4.82. The zero-order chi connectivity index (χ0) is 13.3. The van der Waals surface area contributed by atoms with E-state index in [1.807, 2.05) is 6.08 Å². The number of allylic oxidation sites excluding steroid dienone is 1. The molecule has 2 saturated heterocycles. The van der Waals surface area contributed by atoms with Crippen LogP contribution < -0.4 is 0 Å². The number of aliphatic hydroxyl groups excluding tert-OH is 1. The Hall–Kier alpha value is -1.42. The van der Waals surface area contributed by atoms with Gasteiger partial charge in [-0.05, 0) is 24.8 Å². The average Bonchev–Trinajstić information content (AvgIpc) is 2.80. The molecule has 106 valence electrons. The zero-order valence-electron chi connectivity index (χ0n) is 11.5. The third-order valence-corrected chi connectivity index (χ3v) is 5.61. The van der Waals surface area contributed by atoms with Gasteiger partial charge in [0.1, 0.15) is 12.4 Å². The van der Waals surface area contributed by atoms with Crippen molar-refractivity contribution < 1.29 is 9.84 Å². The van der Waals surface area contributed by atoms with Crippen LogP contribution in [0.1, 0.15) is 12.8 Å². The smallest absolute Gasteiger partial charge is 0.142 e. The summed E-state index contributed by atoms with van der Waals surface area (Å²) < 4.78 is 5.88. The second kappa shape index (κ2) is 3.82. The summed E-state index contributed by atoms with van der Waals surface area (Å²) in [5.41, 5.74) is 2.86. The van der Waals surface area contributed by atoms with Gasteiger partial charge in [-0.25, -0.2) is 0 Å². The van der Waals surface area contributed by atoms with Crippen molar-refractivity contribution in [1.82, 2.24) is 9.80 Å². The quantitative estimate of drug-likeness (QED) is 0.669. The Balaban J connectivity index is 1.65. The lowest BCUT2D eigenvalue weighted by Gasteiger charge is -2.43. The highest BCUT2D eigenvalue weighted by molar-refractivity contribution is 5.42. The van der Waals surface area contributed by atoms with Crippen molar-refractivity contribution in [2.75, 3.05) is 26.2 Å². The molecule has 20 heavy (non-hydrogen) atoms. The molecule has 0 amide bonds. The van der Waals surface area contributed by atoms with Crippen LogP contribution in [0.5, 0.6) is 0 Å². The molecule has 5 aliphatic rings. The summed E-state index contributed by atoms with van der Waals surface area (Å²) in [6.45, 7) is 3.93. The molecule has 4 atom stereocenters. The Morgan fingerprint density at radius 1 is 1.25 bits per heavy atom. The fraction of sp³-hybridized carbons (Fsp3) is 0.625. The van der Waals surface area contributed by atoms with Crippen LogP contribution in [0.4, 0.5) is 0 Å². The highest BCUT2D eigenvalue weighted by Gasteiger charge is 2.51. The van der Waals surface area contributed by atoms with E-state index in [-0.39, 0.29) is 6.10 Å². The van der Waals surface area contributed by atoms with E-state index >= 15 is 0 Å². The van der Waals surface area contributed by atoms with E-state index < -0.39 is 0 Å². The Labute approximate surface area is 119 Å². The first-order valence-electron chi connectivity index (χ1n) is 7.78. The minimum absolute atomic E-state index is 0.253. The molecule has 0 saturated carbocycles. The van der Waals surface area contributed by atoms with Crippen LogP contribution in [0.25, 0.3) is 0 Å². The van der Waals surface area contributed by atoms with Gasteiger partial charge in [-0.3, -0.25) is 0 Å². The molecule has 1 N–H and O–H groups in total. The second-order valence-corrected chi connectivity index (χ2v) is 6.53. The van der Waals surface area contributed by atoms with Gasteiger partial charge >= 0.3 is 0 Å². The van der Waals surface area contributed by atoms with Crippen LogP contribution in [0, 0.1) is 11.8 Å². The van der Waals surface area contributed by atoms with Gasteiger partial charge in [-0.15, -0.1) is 0 Å². The van der Waals surface area contributed by atoms with Crippen molar-refractivity contribution in [2.45, 2.75) is 25.0 Å². The molecule has 0 aromatic rings. The van der Waals surface area contributed by atoms with Crippen molar-refractivity contribution >= 4 is 0 Å². The van der Waals surface area contributed by atoms with Gasteiger partial charge in [0.25, 0.3) is 0 Å². The minimum atomic E-state index is -0.253. The molecule has 0 aromatic carbocycles. The van der Waals surface area contributed by atoms with E-state index in [4.69, 9.17) is 4.74 Å². The first kappa shape index (κ1) is 11.3. The number of aliphatic hydroxyl groups is 1. The summed E-state index contributed by atoms with van der Waals surface area (Å²) in [4.78, 5) is 5.06. The van der Waals surface area contributed by atoms with Crippen molar-refractivity contribution in [3.05, 3.63) is 35.4 Å². The molecule has 0 aromatic heterocycles. The highest BCUT2D eigenvalue weighted by atomic mass is 16.5. The Morgan fingerprint density at radius 3 is 3.15 bits per heavy atom. The third-order valence-electron chi connectivity index (χ3n) is 5.61. The molecule has 1 unspecified atom stereocenters. The van der Waals surface area contributed by atoms with Gasteiger partial charge in [0, 0.05) is 24.7 Å². The minimum Gasteiger partial charge on any atom is -0.490 e. The number of rotatable bonds is 0. The third kappa shape index (κ3) is 1.30. The van der Waals surface area contributed by atoms with Crippen LogP contribution in [0.15, 0.2) is 35.4 Å². The van der Waals surface area contributed by atoms with Gasteiger partial charge in [0.15, 0.2) is 0 Å². The zero-order valence-corrected chi connectivity index (χ0v) is 11.5. The summed E-state index contributed by atoms with van der Waals surface area (Å²) in [5, 5.41) is 9.98. The maximum absolute atomic E-state index is 9.98. The lowest BCUT2D eigenvalue weighted by molar-refractivity contribution is 0.102. The van der Waals surface area contributed by atoms with E-state index in [1.165, 1.54) is 17.8 Å².